The van der Waals surface area contributed by atoms with Crippen molar-refractivity contribution in [3.63, 3.8) is 0 Å². The van der Waals surface area contributed by atoms with Crippen LogP contribution in [0.25, 0.3) is 0 Å². The van der Waals surface area contributed by atoms with E-state index in [1.165, 1.54) is 36.0 Å². The lowest BCUT2D eigenvalue weighted by Gasteiger charge is -2.32. The van der Waals surface area contributed by atoms with Gasteiger partial charge in [0, 0.05) is 18.3 Å². The minimum Gasteiger partial charge on any atom is -0.352 e. The maximum atomic E-state index is 13.4. The predicted molar refractivity (Wildman–Crippen MR) is 138 cm³/mol. The number of hydrogen-bond acceptors (Lipinski definition) is 3. The van der Waals surface area contributed by atoms with Crippen molar-refractivity contribution in [2.45, 2.75) is 83.7 Å². The van der Waals surface area contributed by atoms with E-state index >= 15 is 0 Å². The van der Waals surface area contributed by atoms with Crippen molar-refractivity contribution in [1.29, 1.82) is 0 Å². The molecule has 33 heavy (non-hydrogen) atoms. The maximum absolute atomic E-state index is 13.4. The highest BCUT2D eigenvalue weighted by atomic mass is 32.2. The Morgan fingerprint density at radius 1 is 1.00 bits per heavy atom. The monoisotopic (exact) mass is 466 g/mol. The summed E-state index contributed by atoms with van der Waals surface area (Å²) in [5.74, 6) is 1.18. The minimum atomic E-state index is -0.444. The van der Waals surface area contributed by atoms with Crippen LogP contribution in [0.5, 0.6) is 0 Å². The fourth-order valence-electron chi connectivity index (χ4n) is 4.50. The Kier molecular flexibility index (Phi) is 9.86. The summed E-state index contributed by atoms with van der Waals surface area (Å²) in [5, 5.41) is 3.25. The molecule has 1 aliphatic carbocycles. The van der Waals surface area contributed by atoms with Crippen molar-refractivity contribution < 1.29 is 9.59 Å². The maximum Gasteiger partial charge on any atom is 0.243 e. The first-order chi connectivity index (χ1) is 16.0. The zero-order valence-electron chi connectivity index (χ0n) is 20.3. The molecule has 4 nitrogen and oxygen atoms in total. The molecule has 0 heterocycles. The number of nitrogens with zero attached hydrogens (tertiary/aromatic N) is 1. The van der Waals surface area contributed by atoms with Gasteiger partial charge in [-0.25, -0.2) is 0 Å². The molecule has 0 saturated heterocycles. The van der Waals surface area contributed by atoms with Crippen LogP contribution in [0.15, 0.2) is 48.5 Å². The quantitative estimate of drug-likeness (QED) is 0.482. The summed E-state index contributed by atoms with van der Waals surface area (Å²) in [6.07, 6.45) is 6.28. The van der Waals surface area contributed by atoms with Crippen LogP contribution < -0.4 is 5.32 Å². The van der Waals surface area contributed by atoms with Gasteiger partial charge in [-0.3, -0.25) is 9.59 Å². The molecule has 1 saturated carbocycles. The number of carbonyl (C=O) groups is 2. The van der Waals surface area contributed by atoms with Gasteiger partial charge in [-0.2, -0.15) is 0 Å². The molecular weight excluding hydrogens is 428 g/mol. The molecule has 0 aliphatic heterocycles. The van der Waals surface area contributed by atoms with Crippen molar-refractivity contribution in [3.05, 3.63) is 70.8 Å². The number of carbonyl (C=O) groups excluding carboxylic acids is 2. The molecule has 0 unspecified atom stereocenters. The largest absolute Gasteiger partial charge is 0.352 e. The van der Waals surface area contributed by atoms with Crippen LogP contribution >= 0.6 is 11.8 Å². The standard InChI is InChI=1S/C28H38N2O2S/c1-4-26(28(32)29-25-11-6-5-7-12-25)30(18-23-15-13-21(2)14-16-23)27(31)20-33-19-24-10-8-9-22(3)17-24/h8-10,13-17,25-26H,4-7,11-12,18-20H2,1-3H3,(H,29,32)/t26-/m0/s1. The first-order valence-electron chi connectivity index (χ1n) is 12.2. The van der Waals surface area contributed by atoms with Gasteiger partial charge in [0.1, 0.15) is 6.04 Å². The smallest absolute Gasteiger partial charge is 0.243 e. The van der Waals surface area contributed by atoms with Crippen LogP contribution in [0, 0.1) is 13.8 Å². The highest BCUT2D eigenvalue weighted by Gasteiger charge is 2.30. The van der Waals surface area contributed by atoms with E-state index in [1.54, 1.807) is 16.7 Å². The normalized spacial score (nSPS) is 15.1. The predicted octanol–water partition coefficient (Wildman–Crippen LogP) is 5.79. The molecule has 0 spiro atoms. The Morgan fingerprint density at radius 3 is 2.39 bits per heavy atom. The minimum absolute atomic E-state index is 0.00598. The van der Waals surface area contributed by atoms with E-state index in [2.05, 4.69) is 67.7 Å². The van der Waals surface area contributed by atoms with Gasteiger partial charge in [0.25, 0.3) is 0 Å². The van der Waals surface area contributed by atoms with Gasteiger partial charge < -0.3 is 10.2 Å². The topological polar surface area (TPSA) is 49.4 Å². The summed E-state index contributed by atoms with van der Waals surface area (Å²) in [4.78, 5) is 28.4. The fraction of sp³-hybridized carbons (Fsp3) is 0.500. The van der Waals surface area contributed by atoms with Crippen LogP contribution in [0.3, 0.4) is 0 Å². The first-order valence-corrected chi connectivity index (χ1v) is 13.4. The molecule has 0 aromatic heterocycles. The van der Waals surface area contributed by atoms with Crippen molar-refractivity contribution in [2.75, 3.05) is 5.75 Å². The van der Waals surface area contributed by atoms with Crippen molar-refractivity contribution in [1.82, 2.24) is 10.2 Å². The lowest BCUT2D eigenvalue weighted by Crippen LogP contribution is -2.52. The molecule has 178 valence electrons. The van der Waals surface area contributed by atoms with E-state index in [0.717, 1.165) is 24.2 Å². The van der Waals surface area contributed by atoms with Crippen molar-refractivity contribution in [2.24, 2.45) is 0 Å². The Bertz CT molecular complexity index is 906. The average Bonchev–Trinajstić information content (AvgIpc) is 2.81. The Hall–Kier alpha value is -2.27. The van der Waals surface area contributed by atoms with Crippen LogP contribution in [-0.2, 0) is 21.9 Å². The van der Waals surface area contributed by atoms with Gasteiger partial charge in [0.15, 0.2) is 0 Å². The zero-order valence-corrected chi connectivity index (χ0v) is 21.1. The third-order valence-corrected chi connectivity index (χ3v) is 7.38. The lowest BCUT2D eigenvalue weighted by molar-refractivity contribution is -0.139. The number of amides is 2. The van der Waals surface area contributed by atoms with Gasteiger partial charge in [-0.05, 0) is 44.2 Å². The molecule has 5 heteroatoms. The molecule has 1 atom stereocenters. The highest BCUT2D eigenvalue weighted by Crippen LogP contribution is 2.20. The molecule has 0 bridgehead atoms. The molecule has 3 rings (SSSR count). The highest BCUT2D eigenvalue weighted by molar-refractivity contribution is 7.99. The SMILES string of the molecule is CC[C@@H](C(=O)NC1CCCCC1)N(Cc1ccc(C)cc1)C(=O)CSCc1cccc(C)c1. The second kappa shape index (κ2) is 12.8. The molecule has 1 N–H and O–H groups in total. The second-order valence-electron chi connectivity index (χ2n) is 9.26. The number of hydrogen-bond donors (Lipinski definition) is 1. The summed E-state index contributed by atoms with van der Waals surface area (Å²) in [5.41, 5.74) is 4.69. The molecule has 0 radical (unpaired) electrons. The third kappa shape index (κ3) is 7.92. The third-order valence-electron chi connectivity index (χ3n) is 6.39. The van der Waals surface area contributed by atoms with Crippen molar-refractivity contribution >= 4 is 23.6 Å². The van der Waals surface area contributed by atoms with Crippen LogP contribution in [0.2, 0.25) is 0 Å². The van der Waals surface area contributed by atoms with Gasteiger partial charge in [-0.1, -0.05) is 85.8 Å². The number of rotatable bonds is 10. The lowest BCUT2D eigenvalue weighted by atomic mass is 9.95. The van der Waals surface area contributed by atoms with E-state index in [4.69, 9.17) is 0 Å². The number of thioether (sulfide) groups is 1. The summed E-state index contributed by atoms with van der Waals surface area (Å²) < 4.78 is 0. The van der Waals surface area contributed by atoms with Gasteiger partial charge in [0.2, 0.25) is 11.8 Å². The number of benzene rings is 2. The molecule has 2 aromatic rings. The Morgan fingerprint density at radius 2 is 1.73 bits per heavy atom. The van der Waals surface area contributed by atoms with Crippen LogP contribution in [0.1, 0.15) is 67.7 Å². The summed E-state index contributed by atoms with van der Waals surface area (Å²) in [7, 11) is 0. The zero-order chi connectivity index (χ0) is 23.6. The summed E-state index contributed by atoms with van der Waals surface area (Å²) in [6.45, 7) is 6.60. The average molecular weight is 467 g/mol. The van der Waals surface area contributed by atoms with Crippen LogP contribution in [-0.4, -0.2) is 34.6 Å². The van der Waals surface area contributed by atoms with Crippen LogP contribution in [0.4, 0.5) is 0 Å². The van der Waals surface area contributed by atoms with Gasteiger partial charge in [-0.15, -0.1) is 11.8 Å². The fourth-order valence-corrected chi connectivity index (χ4v) is 5.35. The second-order valence-corrected chi connectivity index (χ2v) is 10.2. The van der Waals surface area contributed by atoms with Crippen molar-refractivity contribution in [3.8, 4) is 0 Å². The molecule has 2 amide bonds. The Balaban J connectivity index is 1.69. The van der Waals surface area contributed by atoms with Gasteiger partial charge >= 0.3 is 0 Å². The molecule has 2 aromatic carbocycles. The first kappa shape index (κ1) is 25.4. The molecule has 1 fully saturated rings. The van der Waals surface area contributed by atoms with E-state index < -0.39 is 6.04 Å². The van der Waals surface area contributed by atoms with E-state index in [9.17, 15) is 9.59 Å². The van der Waals surface area contributed by atoms with Gasteiger partial charge in [0.05, 0.1) is 5.75 Å². The Labute approximate surface area is 203 Å². The van der Waals surface area contributed by atoms with E-state index in [0.29, 0.717) is 18.7 Å². The number of aryl methyl sites for hydroxylation is 2. The van der Waals surface area contributed by atoms with E-state index in [1.807, 2.05) is 6.92 Å². The molecule has 1 aliphatic rings. The summed E-state index contributed by atoms with van der Waals surface area (Å²) in [6, 6.07) is 16.4. The summed E-state index contributed by atoms with van der Waals surface area (Å²) >= 11 is 1.62. The number of nitrogens with one attached hydrogen (secondary N) is 1. The van der Waals surface area contributed by atoms with E-state index in [-0.39, 0.29) is 17.9 Å². The molecular formula is C28H38N2O2S.